The van der Waals surface area contributed by atoms with Gasteiger partial charge in [0.15, 0.2) is 0 Å². The van der Waals surface area contributed by atoms with Crippen LogP contribution in [0.2, 0.25) is 0 Å². The Morgan fingerprint density at radius 1 is 1.11 bits per heavy atom. The van der Waals surface area contributed by atoms with E-state index in [2.05, 4.69) is 9.97 Å². The van der Waals surface area contributed by atoms with Crippen molar-refractivity contribution in [2.24, 2.45) is 0 Å². The first-order valence-electron chi connectivity index (χ1n) is 5.66. The third kappa shape index (κ3) is 2.46. The predicted molar refractivity (Wildman–Crippen MR) is 75.2 cm³/mol. The highest BCUT2D eigenvalue weighted by Crippen LogP contribution is 2.28. The number of rotatable bonds is 2. The fourth-order valence-corrected chi connectivity index (χ4v) is 2.53. The summed E-state index contributed by atoms with van der Waals surface area (Å²) in [6.07, 6.45) is 1.19. The first kappa shape index (κ1) is 11.8. The highest BCUT2D eigenvalue weighted by molar-refractivity contribution is 7.13. The molecule has 0 radical (unpaired) electrons. The third-order valence-electron chi connectivity index (χ3n) is 2.63. The Balaban J connectivity index is 1.97. The number of nitrogens with zero attached hydrogens (tertiary/aromatic N) is 2. The van der Waals surface area contributed by atoms with Crippen LogP contribution >= 0.6 is 11.3 Å². The molecule has 0 bridgehead atoms. The van der Waals surface area contributed by atoms with Gasteiger partial charge < -0.3 is 5.73 Å². The maximum absolute atomic E-state index is 12.8. The van der Waals surface area contributed by atoms with E-state index in [9.17, 15) is 4.39 Å². The summed E-state index contributed by atoms with van der Waals surface area (Å²) in [5, 5.41) is 2.77. The van der Waals surface area contributed by atoms with E-state index in [-0.39, 0.29) is 5.82 Å². The van der Waals surface area contributed by atoms with Gasteiger partial charge in [-0.3, -0.25) is 4.98 Å². The van der Waals surface area contributed by atoms with E-state index in [4.69, 9.17) is 5.73 Å². The Kier molecular flexibility index (Phi) is 2.97. The minimum atomic E-state index is -0.352. The Hall–Kier alpha value is -2.27. The standard InChI is InChI=1S/C14H10FN3S/c15-10-4-5-12(17-7-10)13-8-19-14(18-13)9-2-1-3-11(16)6-9/h1-8H,16H2. The lowest BCUT2D eigenvalue weighted by Gasteiger charge is -1.98. The molecular weight excluding hydrogens is 261 g/mol. The fourth-order valence-electron chi connectivity index (χ4n) is 1.72. The topological polar surface area (TPSA) is 51.8 Å². The fraction of sp³-hybridized carbons (Fsp3) is 0. The average molecular weight is 271 g/mol. The van der Waals surface area contributed by atoms with E-state index < -0.39 is 0 Å². The van der Waals surface area contributed by atoms with E-state index in [1.54, 1.807) is 6.07 Å². The molecule has 3 nitrogen and oxygen atoms in total. The lowest BCUT2D eigenvalue weighted by atomic mass is 10.2. The molecule has 0 spiro atoms. The number of benzene rings is 1. The maximum Gasteiger partial charge on any atom is 0.141 e. The van der Waals surface area contributed by atoms with Crippen molar-refractivity contribution in [3.8, 4) is 22.0 Å². The van der Waals surface area contributed by atoms with Gasteiger partial charge in [0.25, 0.3) is 0 Å². The second-order valence-corrected chi connectivity index (χ2v) is 4.88. The number of halogens is 1. The molecule has 2 aromatic heterocycles. The van der Waals surface area contributed by atoms with Gasteiger partial charge >= 0.3 is 0 Å². The molecule has 0 saturated heterocycles. The van der Waals surface area contributed by atoms with Crippen LogP contribution in [0.4, 0.5) is 10.1 Å². The first-order chi connectivity index (χ1) is 9.22. The highest BCUT2D eigenvalue weighted by Gasteiger charge is 2.07. The van der Waals surface area contributed by atoms with Crippen LogP contribution in [-0.4, -0.2) is 9.97 Å². The zero-order valence-electron chi connectivity index (χ0n) is 9.88. The summed E-state index contributed by atoms with van der Waals surface area (Å²) < 4.78 is 12.8. The molecule has 0 unspecified atom stereocenters. The van der Waals surface area contributed by atoms with Crippen molar-refractivity contribution in [1.29, 1.82) is 0 Å². The summed E-state index contributed by atoms with van der Waals surface area (Å²) in [4.78, 5) is 8.52. The van der Waals surface area contributed by atoms with Gasteiger partial charge in [-0.25, -0.2) is 9.37 Å². The van der Waals surface area contributed by atoms with E-state index in [1.807, 2.05) is 29.6 Å². The molecule has 19 heavy (non-hydrogen) atoms. The van der Waals surface area contributed by atoms with Gasteiger partial charge in [0, 0.05) is 16.6 Å². The van der Waals surface area contributed by atoms with E-state index in [1.165, 1.54) is 23.6 Å². The zero-order chi connectivity index (χ0) is 13.2. The summed E-state index contributed by atoms with van der Waals surface area (Å²) in [7, 11) is 0. The summed E-state index contributed by atoms with van der Waals surface area (Å²) >= 11 is 1.51. The number of hydrogen-bond acceptors (Lipinski definition) is 4. The molecule has 0 atom stereocenters. The van der Waals surface area contributed by atoms with E-state index >= 15 is 0 Å². The number of pyridine rings is 1. The van der Waals surface area contributed by atoms with Gasteiger partial charge in [-0.1, -0.05) is 12.1 Å². The van der Waals surface area contributed by atoms with Crippen LogP contribution < -0.4 is 5.73 Å². The Labute approximate surface area is 113 Å². The minimum Gasteiger partial charge on any atom is -0.399 e. The lowest BCUT2D eigenvalue weighted by molar-refractivity contribution is 0.622. The molecule has 1 aromatic carbocycles. The smallest absolute Gasteiger partial charge is 0.141 e. The van der Waals surface area contributed by atoms with Crippen LogP contribution in [0.15, 0.2) is 48.0 Å². The number of aromatic nitrogens is 2. The number of hydrogen-bond donors (Lipinski definition) is 1. The van der Waals surface area contributed by atoms with Gasteiger partial charge in [0.2, 0.25) is 0 Å². The summed E-state index contributed by atoms with van der Waals surface area (Å²) in [5.74, 6) is -0.352. The van der Waals surface area contributed by atoms with Crippen LogP contribution in [-0.2, 0) is 0 Å². The Morgan fingerprint density at radius 2 is 2.00 bits per heavy atom. The van der Waals surface area contributed by atoms with E-state index in [0.29, 0.717) is 11.4 Å². The van der Waals surface area contributed by atoms with Gasteiger partial charge in [-0.05, 0) is 24.3 Å². The molecule has 3 aromatic rings. The average Bonchev–Trinajstić information content (AvgIpc) is 2.89. The molecule has 0 fully saturated rings. The van der Waals surface area contributed by atoms with Crippen LogP contribution in [0.1, 0.15) is 0 Å². The Morgan fingerprint density at radius 3 is 2.74 bits per heavy atom. The maximum atomic E-state index is 12.8. The molecule has 0 saturated carbocycles. The first-order valence-corrected chi connectivity index (χ1v) is 6.54. The van der Waals surface area contributed by atoms with Gasteiger partial charge in [-0.15, -0.1) is 11.3 Å². The minimum absolute atomic E-state index is 0.352. The largest absolute Gasteiger partial charge is 0.399 e. The molecule has 0 amide bonds. The van der Waals surface area contributed by atoms with Crippen LogP contribution in [0.3, 0.4) is 0 Å². The second-order valence-electron chi connectivity index (χ2n) is 4.03. The number of nitrogen functional groups attached to an aromatic ring is 1. The lowest BCUT2D eigenvalue weighted by Crippen LogP contribution is -1.86. The van der Waals surface area contributed by atoms with Crippen molar-refractivity contribution in [3.05, 3.63) is 53.8 Å². The molecule has 2 heterocycles. The number of nitrogens with two attached hydrogens (primary N) is 1. The quantitative estimate of drug-likeness (QED) is 0.725. The molecule has 2 N–H and O–H groups in total. The van der Waals surface area contributed by atoms with Crippen molar-refractivity contribution in [2.75, 3.05) is 5.73 Å². The van der Waals surface area contributed by atoms with Crippen molar-refractivity contribution in [3.63, 3.8) is 0 Å². The highest BCUT2D eigenvalue weighted by atomic mass is 32.1. The van der Waals surface area contributed by atoms with Crippen molar-refractivity contribution < 1.29 is 4.39 Å². The summed E-state index contributed by atoms with van der Waals surface area (Å²) in [6, 6.07) is 10.6. The molecule has 5 heteroatoms. The summed E-state index contributed by atoms with van der Waals surface area (Å²) in [6.45, 7) is 0. The van der Waals surface area contributed by atoms with Gasteiger partial charge in [-0.2, -0.15) is 0 Å². The van der Waals surface area contributed by atoms with Crippen molar-refractivity contribution in [1.82, 2.24) is 9.97 Å². The molecule has 94 valence electrons. The molecule has 0 aliphatic rings. The van der Waals surface area contributed by atoms with Crippen LogP contribution in [0.5, 0.6) is 0 Å². The SMILES string of the molecule is Nc1cccc(-c2nc(-c3ccc(F)cn3)cs2)c1. The van der Waals surface area contributed by atoms with Crippen molar-refractivity contribution >= 4 is 17.0 Å². The van der Waals surface area contributed by atoms with E-state index in [0.717, 1.165) is 16.3 Å². The monoisotopic (exact) mass is 271 g/mol. The van der Waals surface area contributed by atoms with Crippen molar-refractivity contribution in [2.45, 2.75) is 0 Å². The third-order valence-corrected chi connectivity index (χ3v) is 3.52. The molecule has 0 aliphatic carbocycles. The molecular formula is C14H10FN3S. The Bertz CT molecular complexity index is 707. The zero-order valence-corrected chi connectivity index (χ0v) is 10.7. The number of thiazole rings is 1. The predicted octanol–water partition coefficient (Wildman–Crippen LogP) is 3.59. The second kappa shape index (κ2) is 4.78. The van der Waals surface area contributed by atoms with Crippen LogP contribution in [0.25, 0.3) is 22.0 Å². The van der Waals surface area contributed by atoms with Crippen LogP contribution in [0, 0.1) is 5.82 Å². The molecule has 0 aliphatic heterocycles. The van der Waals surface area contributed by atoms with Gasteiger partial charge in [0.05, 0.1) is 11.9 Å². The molecule has 3 rings (SSSR count). The van der Waals surface area contributed by atoms with Gasteiger partial charge in [0.1, 0.15) is 16.5 Å². The number of anilines is 1. The normalized spacial score (nSPS) is 10.6. The summed E-state index contributed by atoms with van der Waals surface area (Å²) in [5.41, 5.74) is 8.83.